The Hall–Kier alpha value is -1.90. The van der Waals surface area contributed by atoms with E-state index in [4.69, 9.17) is 21.2 Å². The molecule has 4 atom stereocenters. The number of rotatable bonds is 9. The molecule has 2 bridgehead atoms. The maximum atomic E-state index is 13.5. The molecule has 4 fully saturated rings. The zero-order valence-electron chi connectivity index (χ0n) is 18.2. The second kappa shape index (κ2) is 10.4. The standard InChI is InChI=1S/C23H31ClFN3O4/c1-2-3-15-8-17(32-28-15)11-26-23(30)18-10-21(14-6-13(18)7-14)27-22(29)12-31-16-4-5-19(24)20(25)9-16/h4-5,9,13-15,17-18,21,28H,2-3,6-8,10-12H2,1H3,(H,26,30)(H,27,29)/t13?,14?,15?,17?,18-,21+/m1/s1. The van der Waals surface area contributed by atoms with Gasteiger partial charge in [0.1, 0.15) is 11.6 Å². The van der Waals surface area contributed by atoms with Crippen molar-refractivity contribution in [2.45, 2.75) is 63.6 Å². The molecule has 1 heterocycles. The summed E-state index contributed by atoms with van der Waals surface area (Å²) in [5.74, 6) is 0.111. The summed E-state index contributed by atoms with van der Waals surface area (Å²) in [7, 11) is 0. The van der Waals surface area contributed by atoms with E-state index >= 15 is 0 Å². The van der Waals surface area contributed by atoms with Crippen LogP contribution in [0.4, 0.5) is 4.39 Å². The van der Waals surface area contributed by atoms with Gasteiger partial charge in [-0.05, 0) is 56.1 Å². The topological polar surface area (TPSA) is 88.7 Å². The van der Waals surface area contributed by atoms with Crippen molar-refractivity contribution in [1.82, 2.24) is 16.1 Å². The first kappa shape index (κ1) is 23.3. The summed E-state index contributed by atoms with van der Waals surface area (Å²) < 4.78 is 18.9. The van der Waals surface area contributed by atoms with Crippen LogP contribution in [0.25, 0.3) is 0 Å². The van der Waals surface area contributed by atoms with Crippen molar-refractivity contribution in [3.8, 4) is 5.75 Å². The molecule has 176 valence electrons. The van der Waals surface area contributed by atoms with Crippen molar-refractivity contribution in [3.05, 3.63) is 29.0 Å². The lowest BCUT2D eigenvalue weighted by atomic mass is 9.57. The maximum absolute atomic E-state index is 13.5. The predicted octanol–water partition coefficient (Wildman–Crippen LogP) is 2.97. The highest BCUT2D eigenvalue weighted by Gasteiger charge is 2.49. The van der Waals surface area contributed by atoms with Gasteiger partial charge in [-0.25, -0.2) is 4.39 Å². The van der Waals surface area contributed by atoms with Gasteiger partial charge in [-0.15, -0.1) is 0 Å². The summed E-state index contributed by atoms with van der Waals surface area (Å²) >= 11 is 5.66. The van der Waals surface area contributed by atoms with Gasteiger partial charge in [0.05, 0.1) is 11.1 Å². The van der Waals surface area contributed by atoms with E-state index in [-0.39, 0.29) is 47.3 Å². The summed E-state index contributed by atoms with van der Waals surface area (Å²) in [6.07, 6.45) is 5.59. The van der Waals surface area contributed by atoms with Crippen LogP contribution < -0.4 is 20.9 Å². The van der Waals surface area contributed by atoms with Crippen LogP contribution in [0.15, 0.2) is 18.2 Å². The summed E-state index contributed by atoms with van der Waals surface area (Å²) in [6, 6.07) is 4.37. The van der Waals surface area contributed by atoms with E-state index in [1.807, 2.05) is 0 Å². The van der Waals surface area contributed by atoms with Crippen LogP contribution in [-0.2, 0) is 14.4 Å². The van der Waals surface area contributed by atoms with E-state index in [0.717, 1.165) is 38.2 Å². The average molecular weight is 468 g/mol. The van der Waals surface area contributed by atoms with Gasteiger partial charge in [0.25, 0.3) is 5.91 Å². The SMILES string of the molecule is CCCC1CC(CNC(=O)[C@@H]2C[C@H](NC(=O)COc3ccc(Cl)c(F)c3)C3CC2C3)ON1. The zero-order valence-corrected chi connectivity index (χ0v) is 19.0. The number of nitrogens with one attached hydrogen (secondary N) is 3. The first-order valence-corrected chi connectivity index (χ1v) is 11.9. The molecule has 0 aromatic heterocycles. The maximum Gasteiger partial charge on any atom is 0.258 e. The quantitative estimate of drug-likeness (QED) is 0.519. The highest BCUT2D eigenvalue weighted by Crippen LogP contribution is 2.49. The van der Waals surface area contributed by atoms with Crippen molar-refractivity contribution >= 4 is 23.4 Å². The van der Waals surface area contributed by atoms with E-state index in [1.165, 1.54) is 12.1 Å². The van der Waals surface area contributed by atoms with E-state index in [9.17, 15) is 14.0 Å². The minimum atomic E-state index is -0.592. The molecule has 9 heteroatoms. The molecule has 1 aliphatic heterocycles. The number of hydrogen-bond acceptors (Lipinski definition) is 5. The highest BCUT2D eigenvalue weighted by atomic mass is 35.5. The Labute approximate surface area is 192 Å². The van der Waals surface area contributed by atoms with Gasteiger partial charge in [-0.2, -0.15) is 5.48 Å². The van der Waals surface area contributed by atoms with Gasteiger partial charge in [0, 0.05) is 30.6 Å². The molecule has 3 N–H and O–H groups in total. The molecular formula is C23H31ClFN3O4. The lowest BCUT2D eigenvalue weighted by molar-refractivity contribution is -0.136. The molecule has 1 aromatic rings. The Balaban J connectivity index is 1.21. The molecule has 4 aliphatic rings. The van der Waals surface area contributed by atoms with E-state index < -0.39 is 5.82 Å². The number of hydroxylamine groups is 1. The third-order valence-corrected chi connectivity index (χ3v) is 7.20. The monoisotopic (exact) mass is 467 g/mol. The van der Waals surface area contributed by atoms with Gasteiger partial charge >= 0.3 is 0 Å². The average Bonchev–Trinajstić information content (AvgIpc) is 3.19. The van der Waals surface area contributed by atoms with Gasteiger partial charge in [-0.1, -0.05) is 24.9 Å². The third-order valence-electron chi connectivity index (χ3n) is 6.89. The van der Waals surface area contributed by atoms with Crippen molar-refractivity contribution in [2.24, 2.45) is 17.8 Å². The molecule has 2 amide bonds. The fourth-order valence-electron chi connectivity index (χ4n) is 5.09. The minimum absolute atomic E-state index is 0.00131. The largest absolute Gasteiger partial charge is 0.484 e. The Morgan fingerprint density at radius 3 is 2.81 bits per heavy atom. The highest BCUT2D eigenvalue weighted by molar-refractivity contribution is 6.30. The van der Waals surface area contributed by atoms with Crippen LogP contribution in [0, 0.1) is 23.6 Å². The summed E-state index contributed by atoms with van der Waals surface area (Å²) in [5, 5.41) is 6.07. The third kappa shape index (κ3) is 5.53. The van der Waals surface area contributed by atoms with Crippen molar-refractivity contribution in [2.75, 3.05) is 13.2 Å². The summed E-state index contributed by atoms with van der Waals surface area (Å²) in [4.78, 5) is 30.8. The van der Waals surface area contributed by atoms with Crippen LogP contribution in [0.2, 0.25) is 5.02 Å². The Morgan fingerprint density at radius 1 is 1.25 bits per heavy atom. The van der Waals surface area contributed by atoms with Crippen LogP contribution in [0.3, 0.4) is 0 Å². The molecule has 0 radical (unpaired) electrons. The molecule has 1 saturated heterocycles. The second-order valence-corrected chi connectivity index (χ2v) is 9.60. The summed E-state index contributed by atoms with van der Waals surface area (Å²) in [6.45, 7) is 2.43. The number of hydrogen-bond donors (Lipinski definition) is 3. The van der Waals surface area contributed by atoms with E-state index in [0.29, 0.717) is 30.8 Å². The van der Waals surface area contributed by atoms with Crippen LogP contribution in [-0.4, -0.2) is 43.2 Å². The van der Waals surface area contributed by atoms with Crippen LogP contribution in [0.1, 0.15) is 45.4 Å². The van der Waals surface area contributed by atoms with Gasteiger partial charge in [-0.3, -0.25) is 14.4 Å². The van der Waals surface area contributed by atoms with Crippen molar-refractivity contribution in [3.63, 3.8) is 0 Å². The molecule has 5 rings (SSSR count). The number of ether oxygens (including phenoxy) is 1. The summed E-state index contributed by atoms with van der Waals surface area (Å²) in [5.41, 5.74) is 3.05. The lowest BCUT2D eigenvalue weighted by Crippen LogP contribution is -2.57. The number of carbonyl (C=O) groups is 2. The smallest absolute Gasteiger partial charge is 0.258 e. The van der Waals surface area contributed by atoms with Crippen LogP contribution in [0.5, 0.6) is 5.75 Å². The normalized spacial score (nSPS) is 31.0. The second-order valence-electron chi connectivity index (χ2n) is 9.20. The predicted molar refractivity (Wildman–Crippen MR) is 117 cm³/mol. The van der Waals surface area contributed by atoms with Crippen molar-refractivity contribution in [1.29, 1.82) is 0 Å². The number of fused-ring (bicyclic) bond motifs is 2. The minimum Gasteiger partial charge on any atom is -0.484 e. The molecule has 7 nitrogen and oxygen atoms in total. The van der Waals surface area contributed by atoms with E-state index in [1.54, 1.807) is 0 Å². The Morgan fingerprint density at radius 2 is 2.06 bits per heavy atom. The number of halogens is 2. The first-order valence-electron chi connectivity index (χ1n) is 11.5. The molecule has 0 spiro atoms. The lowest BCUT2D eigenvalue weighted by Gasteiger charge is -2.50. The fourth-order valence-corrected chi connectivity index (χ4v) is 5.21. The molecule has 32 heavy (non-hydrogen) atoms. The van der Waals surface area contributed by atoms with E-state index in [2.05, 4.69) is 23.0 Å². The van der Waals surface area contributed by atoms with Gasteiger partial charge < -0.3 is 15.4 Å². The Kier molecular flexibility index (Phi) is 7.53. The van der Waals surface area contributed by atoms with Crippen molar-refractivity contribution < 1.29 is 23.6 Å². The number of benzene rings is 1. The van der Waals surface area contributed by atoms with Gasteiger partial charge in [0.2, 0.25) is 5.91 Å². The first-order chi connectivity index (χ1) is 15.4. The number of carbonyl (C=O) groups excluding carboxylic acids is 2. The molecule has 3 aliphatic carbocycles. The molecule has 3 saturated carbocycles. The Bertz CT molecular complexity index is 835. The van der Waals surface area contributed by atoms with Gasteiger partial charge in [0.15, 0.2) is 6.61 Å². The van der Waals surface area contributed by atoms with Crippen LogP contribution >= 0.6 is 11.6 Å². The number of amides is 2. The molecule has 1 aromatic carbocycles. The zero-order chi connectivity index (χ0) is 22.7. The molecule has 2 unspecified atom stereocenters. The fraction of sp³-hybridized carbons (Fsp3) is 0.652. The molecular weight excluding hydrogens is 437 g/mol.